The molecule has 0 aromatic carbocycles. The molecule has 172 valence electrons. The number of pyridine rings is 1. The summed E-state index contributed by atoms with van der Waals surface area (Å²) in [4.78, 5) is 29.8. The first-order chi connectivity index (χ1) is 15.7. The minimum atomic E-state index is -1.03. The second kappa shape index (κ2) is 9.03. The van der Waals surface area contributed by atoms with Crippen LogP contribution in [0.1, 0.15) is 49.0 Å². The van der Waals surface area contributed by atoms with Gasteiger partial charge in [0.05, 0.1) is 24.5 Å². The minimum Gasteiger partial charge on any atom is -0.381 e. The number of rotatable bonds is 5. The third-order valence-electron chi connectivity index (χ3n) is 6.55. The topological polar surface area (TPSA) is 82.0 Å². The van der Waals surface area contributed by atoms with Crippen molar-refractivity contribution in [3.8, 4) is 5.88 Å². The van der Waals surface area contributed by atoms with Crippen LogP contribution in [0.25, 0.3) is 0 Å². The molecule has 1 amide bonds. The van der Waals surface area contributed by atoms with Crippen molar-refractivity contribution in [2.45, 2.75) is 51.6 Å². The van der Waals surface area contributed by atoms with Gasteiger partial charge in [0.15, 0.2) is 5.82 Å². The Morgan fingerprint density at radius 2 is 2.12 bits per heavy atom. The van der Waals surface area contributed by atoms with Gasteiger partial charge in [0, 0.05) is 57.0 Å². The molecule has 0 saturated carbocycles. The fraction of sp³-hybridized carbons (Fsp3) is 0.591. The summed E-state index contributed by atoms with van der Waals surface area (Å²) in [7, 11) is 0. The molecular weight excluding hydrogens is 417 g/mol. The monoisotopic (exact) mass is 445 g/mol. The number of anilines is 2. The third kappa shape index (κ3) is 3.93. The van der Waals surface area contributed by atoms with Crippen LogP contribution in [-0.2, 0) is 33.8 Å². The smallest absolute Gasteiger partial charge is 0.256 e. The molecule has 0 radical (unpaired) electrons. The molecule has 3 aliphatic heterocycles. The van der Waals surface area contributed by atoms with E-state index in [1.54, 1.807) is 19.2 Å². The molecule has 0 aliphatic carbocycles. The molecule has 2 aromatic heterocycles. The third-order valence-corrected chi connectivity index (χ3v) is 6.55. The van der Waals surface area contributed by atoms with Crippen molar-refractivity contribution < 1.29 is 23.7 Å². The highest BCUT2D eigenvalue weighted by Gasteiger charge is 2.33. The Kier molecular flexibility index (Phi) is 5.97. The van der Waals surface area contributed by atoms with Crippen molar-refractivity contribution in [3.63, 3.8) is 0 Å². The van der Waals surface area contributed by atoms with Crippen LogP contribution in [-0.4, -0.2) is 58.7 Å². The standard InChI is InChI=1S/C22H28FN5O4/c1-15(29)26-8-4-19-18(13-26)22(25-28(19)17-5-9-30-10-6-17)27-7-2-3-16-11-21(32-31-14-23)24-12-20(16)27/h11-12,17H,2-10,13-14H2,1H3. The predicted molar refractivity (Wildman–Crippen MR) is 113 cm³/mol. The van der Waals surface area contributed by atoms with E-state index >= 15 is 0 Å². The van der Waals surface area contributed by atoms with Crippen LogP contribution in [0.4, 0.5) is 15.9 Å². The van der Waals surface area contributed by atoms with Gasteiger partial charge in [-0.2, -0.15) is 9.99 Å². The SMILES string of the molecule is CC(=O)N1CCc2c(c(N3CCCc4cc(OOCF)ncc43)nn2C2CCOCC2)C1. The summed E-state index contributed by atoms with van der Waals surface area (Å²) in [5.74, 6) is 1.21. The lowest BCUT2D eigenvalue weighted by atomic mass is 10.0. The fourth-order valence-corrected chi connectivity index (χ4v) is 4.95. The largest absolute Gasteiger partial charge is 0.381 e. The number of hydrogen-bond acceptors (Lipinski definition) is 7. The first kappa shape index (κ1) is 21.1. The Morgan fingerprint density at radius 1 is 1.28 bits per heavy atom. The predicted octanol–water partition coefficient (Wildman–Crippen LogP) is 2.86. The van der Waals surface area contributed by atoms with E-state index in [1.165, 1.54) is 5.69 Å². The van der Waals surface area contributed by atoms with Gasteiger partial charge in [0.25, 0.3) is 5.88 Å². The summed E-state index contributed by atoms with van der Waals surface area (Å²) in [5, 5.41) is 5.12. The first-order valence-corrected chi connectivity index (χ1v) is 11.2. The van der Waals surface area contributed by atoms with Gasteiger partial charge in [0.1, 0.15) is 0 Å². The summed E-state index contributed by atoms with van der Waals surface area (Å²) < 4.78 is 20.0. The van der Waals surface area contributed by atoms with Crippen molar-refractivity contribution in [2.24, 2.45) is 0 Å². The maximum Gasteiger partial charge on any atom is 0.256 e. The van der Waals surface area contributed by atoms with Gasteiger partial charge in [-0.15, -0.1) is 0 Å². The molecule has 0 unspecified atom stereocenters. The first-order valence-electron chi connectivity index (χ1n) is 11.2. The van der Waals surface area contributed by atoms with E-state index in [1.807, 2.05) is 4.90 Å². The molecule has 1 saturated heterocycles. The van der Waals surface area contributed by atoms with Crippen molar-refractivity contribution in [2.75, 3.05) is 38.1 Å². The summed E-state index contributed by atoms with van der Waals surface area (Å²) in [6.45, 7) is 4.16. The molecule has 10 heteroatoms. The van der Waals surface area contributed by atoms with E-state index in [0.29, 0.717) is 19.1 Å². The molecule has 5 heterocycles. The lowest BCUT2D eigenvalue weighted by Gasteiger charge is -2.32. The lowest BCUT2D eigenvalue weighted by Crippen LogP contribution is -2.36. The van der Waals surface area contributed by atoms with Gasteiger partial charge < -0.3 is 19.4 Å². The molecule has 0 bridgehead atoms. The van der Waals surface area contributed by atoms with E-state index in [-0.39, 0.29) is 11.8 Å². The minimum absolute atomic E-state index is 0.0794. The number of nitrogens with zero attached hydrogens (tertiary/aromatic N) is 5. The van der Waals surface area contributed by atoms with Crippen molar-refractivity contribution in [1.29, 1.82) is 0 Å². The van der Waals surface area contributed by atoms with Crippen molar-refractivity contribution in [1.82, 2.24) is 19.7 Å². The molecular formula is C22H28FN5O4. The molecule has 3 aliphatic rings. The number of halogens is 1. The molecule has 0 spiro atoms. The number of ether oxygens (including phenoxy) is 1. The van der Waals surface area contributed by atoms with E-state index in [0.717, 1.165) is 74.5 Å². The summed E-state index contributed by atoms with van der Waals surface area (Å²) in [6, 6.07) is 2.10. The number of aromatic nitrogens is 3. The van der Waals surface area contributed by atoms with Crippen LogP contribution in [0.2, 0.25) is 0 Å². The van der Waals surface area contributed by atoms with Crippen LogP contribution >= 0.6 is 0 Å². The Morgan fingerprint density at radius 3 is 2.91 bits per heavy atom. The normalized spacial score (nSPS) is 18.9. The zero-order valence-electron chi connectivity index (χ0n) is 18.3. The number of carbonyl (C=O) groups excluding carboxylic acids is 1. The Bertz CT molecular complexity index is 991. The maximum absolute atomic E-state index is 12.3. The van der Waals surface area contributed by atoms with Gasteiger partial charge in [-0.1, -0.05) is 0 Å². The van der Waals surface area contributed by atoms with Crippen LogP contribution in [0.5, 0.6) is 5.88 Å². The second-order valence-corrected chi connectivity index (χ2v) is 8.44. The molecule has 9 nitrogen and oxygen atoms in total. The zero-order valence-corrected chi connectivity index (χ0v) is 18.3. The highest BCUT2D eigenvalue weighted by atomic mass is 19.1. The molecule has 2 aromatic rings. The van der Waals surface area contributed by atoms with Gasteiger partial charge in [-0.25, -0.2) is 9.37 Å². The average molecular weight is 445 g/mol. The second-order valence-electron chi connectivity index (χ2n) is 8.44. The van der Waals surface area contributed by atoms with Crippen LogP contribution in [0, 0.1) is 0 Å². The Labute approximate surface area is 186 Å². The molecule has 5 rings (SSSR count). The van der Waals surface area contributed by atoms with Gasteiger partial charge >= 0.3 is 0 Å². The van der Waals surface area contributed by atoms with Crippen LogP contribution in [0.15, 0.2) is 12.3 Å². The lowest BCUT2D eigenvalue weighted by molar-refractivity contribution is -0.236. The number of alkyl halides is 1. The Hall–Kier alpha value is -2.72. The average Bonchev–Trinajstić information content (AvgIpc) is 3.21. The summed E-state index contributed by atoms with van der Waals surface area (Å²) in [6.07, 6.45) is 6.22. The summed E-state index contributed by atoms with van der Waals surface area (Å²) in [5.41, 5.74) is 4.35. The van der Waals surface area contributed by atoms with E-state index < -0.39 is 6.86 Å². The zero-order chi connectivity index (χ0) is 22.1. The van der Waals surface area contributed by atoms with Gasteiger partial charge in [0.2, 0.25) is 12.8 Å². The molecule has 32 heavy (non-hydrogen) atoms. The van der Waals surface area contributed by atoms with Crippen LogP contribution < -0.4 is 9.79 Å². The number of hydrogen-bond donors (Lipinski definition) is 0. The molecule has 0 atom stereocenters. The maximum atomic E-state index is 12.3. The highest BCUT2D eigenvalue weighted by Crippen LogP contribution is 2.39. The van der Waals surface area contributed by atoms with Crippen molar-refractivity contribution in [3.05, 3.63) is 29.1 Å². The van der Waals surface area contributed by atoms with E-state index in [4.69, 9.17) is 14.7 Å². The van der Waals surface area contributed by atoms with Gasteiger partial charge in [-0.05, 0) is 31.2 Å². The van der Waals surface area contributed by atoms with Crippen LogP contribution in [0.3, 0.4) is 0 Å². The highest BCUT2D eigenvalue weighted by molar-refractivity contribution is 5.75. The number of carbonyl (C=O) groups is 1. The number of amides is 1. The van der Waals surface area contributed by atoms with E-state index in [2.05, 4.69) is 19.5 Å². The number of fused-ring (bicyclic) bond motifs is 2. The fourth-order valence-electron chi connectivity index (χ4n) is 4.95. The Balaban J connectivity index is 1.53. The van der Waals surface area contributed by atoms with Gasteiger partial charge in [-0.3, -0.25) is 9.48 Å². The van der Waals surface area contributed by atoms with Crippen molar-refractivity contribution >= 4 is 17.4 Å². The molecule has 0 N–H and O–H groups in total. The molecule has 1 fully saturated rings. The van der Waals surface area contributed by atoms with E-state index in [9.17, 15) is 9.18 Å². The quantitative estimate of drug-likeness (QED) is 0.517. The summed E-state index contributed by atoms with van der Waals surface area (Å²) >= 11 is 0. The number of aryl methyl sites for hydroxylation is 1.